The zero-order valence-corrected chi connectivity index (χ0v) is 12.4. The molecule has 0 bridgehead atoms. The van der Waals surface area contributed by atoms with Gasteiger partial charge in [0.2, 0.25) is 5.91 Å². The van der Waals surface area contributed by atoms with Gasteiger partial charge in [-0.2, -0.15) is 0 Å². The van der Waals surface area contributed by atoms with Crippen LogP contribution in [0.1, 0.15) is 25.3 Å². The Morgan fingerprint density at radius 2 is 2.00 bits per heavy atom. The molecule has 5 heteroatoms. The van der Waals surface area contributed by atoms with Crippen molar-refractivity contribution >= 4 is 5.91 Å². The van der Waals surface area contributed by atoms with Gasteiger partial charge in [-0.15, -0.1) is 0 Å². The molecule has 0 radical (unpaired) electrons. The predicted octanol–water partition coefficient (Wildman–Crippen LogP) is 1.29. The zero-order chi connectivity index (χ0) is 15.1. The first-order valence-electron chi connectivity index (χ1n) is 7.40. The molecule has 1 heterocycles. The third-order valence-corrected chi connectivity index (χ3v) is 3.64. The summed E-state index contributed by atoms with van der Waals surface area (Å²) < 4.78 is 10.6. The summed E-state index contributed by atoms with van der Waals surface area (Å²) in [6.45, 7) is 3.94. The van der Waals surface area contributed by atoms with Crippen molar-refractivity contribution in [2.75, 3.05) is 26.4 Å². The third kappa shape index (κ3) is 5.02. The molecule has 0 saturated carbocycles. The highest BCUT2D eigenvalue weighted by Crippen LogP contribution is 2.19. The topological polar surface area (TPSA) is 67.8 Å². The highest BCUT2D eigenvalue weighted by Gasteiger charge is 2.29. The number of aliphatic hydroxyl groups is 1. The molecule has 0 atom stereocenters. The van der Waals surface area contributed by atoms with E-state index in [1.54, 1.807) is 0 Å². The Balaban J connectivity index is 1.78. The number of amides is 1. The van der Waals surface area contributed by atoms with Crippen molar-refractivity contribution in [3.63, 3.8) is 0 Å². The molecule has 1 aromatic rings. The van der Waals surface area contributed by atoms with Crippen LogP contribution in [0.3, 0.4) is 0 Å². The molecule has 2 rings (SSSR count). The van der Waals surface area contributed by atoms with E-state index < -0.39 is 5.60 Å². The Bertz CT molecular complexity index is 452. The molecule has 21 heavy (non-hydrogen) atoms. The number of nitrogens with one attached hydrogen (secondary N) is 1. The highest BCUT2D eigenvalue weighted by molar-refractivity contribution is 5.78. The first kappa shape index (κ1) is 15.8. The Morgan fingerprint density at radius 3 is 2.62 bits per heavy atom. The molecule has 1 saturated heterocycles. The van der Waals surface area contributed by atoms with Gasteiger partial charge < -0.3 is 19.9 Å². The first-order chi connectivity index (χ1) is 10.1. The standard InChI is InChI=1S/C16H23NO4/c1-2-21-14-5-3-13(4-6-14)11-15(18)17-12-16(19)7-9-20-10-8-16/h3-6,19H,2,7-12H2,1H3,(H,17,18). The first-order valence-corrected chi connectivity index (χ1v) is 7.40. The number of rotatable bonds is 6. The molecule has 0 aromatic heterocycles. The van der Waals surface area contributed by atoms with Crippen LogP contribution in [0.15, 0.2) is 24.3 Å². The van der Waals surface area contributed by atoms with Gasteiger partial charge >= 0.3 is 0 Å². The largest absolute Gasteiger partial charge is 0.494 e. The van der Waals surface area contributed by atoms with E-state index >= 15 is 0 Å². The molecule has 1 fully saturated rings. The van der Waals surface area contributed by atoms with Crippen LogP contribution >= 0.6 is 0 Å². The maximum atomic E-state index is 11.9. The van der Waals surface area contributed by atoms with Crippen LogP contribution in [0.4, 0.5) is 0 Å². The summed E-state index contributed by atoms with van der Waals surface area (Å²) in [5.41, 5.74) is 0.0992. The van der Waals surface area contributed by atoms with E-state index in [1.165, 1.54) is 0 Å². The van der Waals surface area contributed by atoms with Crippen LogP contribution in [0.25, 0.3) is 0 Å². The summed E-state index contributed by atoms with van der Waals surface area (Å²) in [7, 11) is 0. The van der Waals surface area contributed by atoms with E-state index in [0.29, 0.717) is 39.1 Å². The number of ether oxygens (including phenoxy) is 2. The van der Waals surface area contributed by atoms with Gasteiger partial charge in [0.05, 0.1) is 18.6 Å². The van der Waals surface area contributed by atoms with E-state index in [0.717, 1.165) is 11.3 Å². The van der Waals surface area contributed by atoms with Crippen LogP contribution in [0.5, 0.6) is 5.75 Å². The molecular formula is C16H23NO4. The van der Waals surface area contributed by atoms with Crippen LogP contribution < -0.4 is 10.1 Å². The number of hydrogen-bond acceptors (Lipinski definition) is 4. The molecule has 0 unspecified atom stereocenters. The Hall–Kier alpha value is -1.59. The monoisotopic (exact) mass is 293 g/mol. The number of hydrogen-bond donors (Lipinski definition) is 2. The van der Waals surface area contributed by atoms with Crippen molar-refractivity contribution in [3.05, 3.63) is 29.8 Å². The van der Waals surface area contributed by atoms with Gasteiger partial charge in [0.1, 0.15) is 5.75 Å². The Kier molecular flexibility index (Phi) is 5.59. The van der Waals surface area contributed by atoms with E-state index in [-0.39, 0.29) is 12.5 Å². The maximum absolute atomic E-state index is 11.9. The summed E-state index contributed by atoms with van der Waals surface area (Å²) >= 11 is 0. The second-order valence-electron chi connectivity index (χ2n) is 5.37. The molecule has 1 amide bonds. The van der Waals surface area contributed by atoms with Gasteiger partial charge in [-0.25, -0.2) is 0 Å². The minimum absolute atomic E-state index is 0.0842. The van der Waals surface area contributed by atoms with Gasteiger partial charge in [0.25, 0.3) is 0 Å². The summed E-state index contributed by atoms with van der Waals surface area (Å²) in [6.07, 6.45) is 1.44. The average molecular weight is 293 g/mol. The van der Waals surface area contributed by atoms with Crippen molar-refractivity contribution in [2.45, 2.75) is 31.8 Å². The minimum Gasteiger partial charge on any atom is -0.494 e. The van der Waals surface area contributed by atoms with Crippen LogP contribution in [0.2, 0.25) is 0 Å². The summed E-state index contributed by atoms with van der Waals surface area (Å²) in [5.74, 6) is 0.720. The lowest BCUT2D eigenvalue weighted by Gasteiger charge is -2.32. The molecule has 2 N–H and O–H groups in total. The average Bonchev–Trinajstić information content (AvgIpc) is 2.49. The fraction of sp³-hybridized carbons (Fsp3) is 0.562. The second kappa shape index (κ2) is 7.43. The molecule has 116 valence electrons. The van der Waals surface area contributed by atoms with Crippen molar-refractivity contribution in [3.8, 4) is 5.75 Å². The van der Waals surface area contributed by atoms with Gasteiger partial charge in [-0.05, 0) is 24.6 Å². The normalized spacial score (nSPS) is 17.2. The predicted molar refractivity (Wildman–Crippen MR) is 79.3 cm³/mol. The van der Waals surface area contributed by atoms with E-state index in [2.05, 4.69) is 5.32 Å². The minimum atomic E-state index is -0.827. The fourth-order valence-electron chi connectivity index (χ4n) is 2.31. The summed E-state index contributed by atoms with van der Waals surface area (Å²) in [6, 6.07) is 7.48. The molecule has 1 aliphatic rings. The molecule has 0 aliphatic carbocycles. The molecule has 0 spiro atoms. The second-order valence-corrected chi connectivity index (χ2v) is 5.37. The van der Waals surface area contributed by atoms with Crippen LogP contribution in [0, 0.1) is 0 Å². The van der Waals surface area contributed by atoms with Crippen molar-refractivity contribution in [1.29, 1.82) is 0 Å². The van der Waals surface area contributed by atoms with Gasteiger partial charge in [-0.1, -0.05) is 12.1 Å². The Morgan fingerprint density at radius 1 is 1.33 bits per heavy atom. The third-order valence-electron chi connectivity index (χ3n) is 3.64. The number of benzene rings is 1. The summed E-state index contributed by atoms with van der Waals surface area (Å²) in [4.78, 5) is 11.9. The van der Waals surface area contributed by atoms with Crippen molar-refractivity contribution in [1.82, 2.24) is 5.32 Å². The van der Waals surface area contributed by atoms with Gasteiger partial charge in [0, 0.05) is 32.6 Å². The zero-order valence-electron chi connectivity index (χ0n) is 12.4. The van der Waals surface area contributed by atoms with E-state index in [1.807, 2.05) is 31.2 Å². The van der Waals surface area contributed by atoms with Crippen LogP contribution in [-0.4, -0.2) is 43.0 Å². The Labute approximate surface area is 125 Å². The molecule has 1 aliphatic heterocycles. The SMILES string of the molecule is CCOc1ccc(CC(=O)NCC2(O)CCOCC2)cc1. The van der Waals surface area contributed by atoms with Gasteiger partial charge in [-0.3, -0.25) is 4.79 Å². The van der Waals surface area contributed by atoms with Crippen LogP contribution in [-0.2, 0) is 16.0 Å². The number of carbonyl (C=O) groups is 1. The van der Waals surface area contributed by atoms with Crippen molar-refractivity contribution in [2.24, 2.45) is 0 Å². The van der Waals surface area contributed by atoms with Crippen molar-refractivity contribution < 1.29 is 19.4 Å². The quantitative estimate of drug-likeness (QED) is 0.829. The lowest BCUT2D eigenvalue weighted by atomic mass is 9.94. The molecule has 1 aromatic carbocycles. The lowest BCUT2D eigenvalue weighted by molar-refractivity contribution is -0.123. The highest BCUT2D eigenvalue weighted by atomic mass is 16.5. The smallest absolute Gasteiger partial charge is 0.224 e. The van der Waals surface area contributed by atoms with E-state index in [9.17, 15) is 9.90 Å². The lowest BCUT2D eigenvalue weighted by Crippen LogP contribution is -2.46. The number of carbonyl (C=O) groups excluding carboxylic acids is 1. The molecule has 5 nitrogen and oxygen atoms in total. The maximum Gasteiger partial charge on any atom is 0.224 e. The fourth-order valence-corrected chi connectivity index (χ4v) is 2.31. The van der Waals surface area contributed by atoms with E-state index in [4.69, 9.17) is 9.47 Å². The van der Waals surface area contributed by atoms with Gasteiger partial charge in [0.15, 0.2) is 0 Å². The summed E-state index contributed by atoms with van der Waals surface area (Å²) in [5, 5.41) is 13.1. The molecular weight excluding hydrogens is 270 g/mol.